The van der Waals surface area contributed by atoms with Crippen LogP contribution in [0.3, 0.4) is 0 Å². The van der Waals surface area contributed by atoms with Crippen molar-refractivity contribution in [3.63, 3.8) is 0 Å². The Balaban J connectivity index is 1.86. The number of anilines is 1. The van der Waals surface area contributed by atoms with Crippen LogP contribution in [0.1, 0.15) is 25.8 Å². The predicted octanol–water partition coefficient (Wildman–Crippen LogP) is 2.73. The fraction of sp³-hybridized carbons (Fsp3) is 0.300. The molecule has 1 unspecified atom stereocenters. The van der Waals surface area contributed by atoms with Gasteiger partial charge in [-0.1, -0.05) is 44.2 Å². The van der Waals surface area contributed by atoms with Crippen LogP contribution in [0.15, 0.2) is 65.6 Å². The standard InChI is InChI=1S/C30H30F3N5O8/c1-17(2)24(25(42)30(32,33)28(44)34-13-12-23(40)41)37-22(39)15-38-26(19-8-10-20(31)11-9-19)35-14-21(27(38)43)36-29(45)46-16-18-6-4-3-5-7-18/h3-11,14,17,24H,12-13,15-16H2,1-2H3,(H,34,44)(H,36,45)(H,37,39)(H,40,41). The third-order valence-corrected chi connectivity index (χ3v) is 6.39. The van der Waals surface area contributed by atoms with Crippen molar-refractivity contribution in [1.82, 2.24) is 20.2 Å². The highest BCUT2D eigenvalue weighted by Crippen LogP contribution is 2.21. The lowest BCUT2D eigenvalue weighted by Crippen LogP contribution is -2.57. The first-order valence-corrected chi connectivity index (χ1v) is 13.8. The lowest BCUT2D eigenvalue weighted by atomic mass is 9.95. The molecule has 0 aliphatic heterocycles. The molecule has 0 bridgehead atoms. The molecule has 16 heteroatoms. The van der Waals surface area contributed by atoms with Gasteiger partial charge in [0, 0.05) is 12.1 Å². The van der Waals surface area contributed by atoms with E-state index in [-0.39, 0.29) is 18.0 Å². The largest absolute Gasteiger partial charge is 0.481 e. The number of hydrogen-bond donors (Lipinski definition) is 4. The van der Waals surface area contributed by atoms with Crippen molar-refractivity contribution in [2.45, 2.75) is 45.4 Å². The SMILES string of the molecule is CC(C)C(NC(=O)Cn1c(-c2ccc(F)cc2)ncc(NC(=O)OCc2ccccc2)c1=O)C(=O)C(F)(F)C(=O)NCCC(=O)O. The quantitative estimate of drug-likeness (QED) is 0.191. The highest BCUT2D eigenvalue weighted by Gasteiger charge is 2.51. The highest BCUT2D eigenvalue weighted by molar-refractivity contribution is 6.10. The van der Waals surface area contributed by atoms with E-state index in [0.29, 0.717) is 5.56 Å². The van der Waals surface area contributed by atoms with Gasteiger partial charge in [-0.15, -0.1) is 0 Å². The number of carbonyl (C=O) groups is 5. The van der Waals surface area contributed by atoms with Crippen molar-refractivity contribution in [2.24, 2.45) is 5.92 Å². The summed E-state index contributed by atoms with van der Waals surface area (Å²) in [7, 11) is 0. The van der Waals surface area contributed by atoms with Crippen LogP contribution >= 0.6 is 0 Å². The van der Waals surface area contributed by atoms with Gasteiger partial charge in [0.1, 0.15) is 30.5 Å². The number of ketones is 1. The molecule has 244 valence electrons. The van der Waals surface area contributed by atoms with E-state index in [1.807, 2.05) is 0 Å². The molecule has 1 heterocycles. The molecule has 0 radical (unpaired) electrons. The summed E-state index contributed by atoms with van der Waals surface area (Å²) in [6.07, 6.45) is -0.705. The van der Waals surface area contributed by atoms with Gasteiger partial charge < -0.3 is 20.5 Å². The summed E-state index contributed by atoms with van der Waals surface area (Å²) in [4.78, 5) is 78.5. The van der Waals surface area contributed by atoms with Crippen LogP contribution in [0.5, 0.6) is 0 Å². The maximum Gasteiger partial charge on any atom is 0.412 e. The Morgan fingerprint density at radius 2 is 1.67 bits per heavy atom. The summed E-state index contributed by atoms with van der Waals surface area (Å²) in [6.45, 7) is 0.953. The maximum atomic E-state index is 14.7. The van der Waals surface area contributed by atoms with Gasteiger partial charge in [0.15, 0.2) is 0 Å². The first-order valence-electron chi connectivity index (χ1n) is 13.8. The molecule has 0 spiro atoms. The van der Waals surface area contributed by atoms with Crippen LogP contribution in [-0.4, -0.2) is 62.8 Å². The number of carboxylic acid groups (broad SMARTS) is 1. The van der Waals surface area contributed by atoms with E-state index in [0.717, 1.165) is 22.9 Å². The number of rotatable bonds is 14. The Kier molecular flexibility index (Phi) is 11.7. The molecule has 0 fully saturated rings. The second kappa shape index (κ2) is 15.5. The summed E-state index contributed by atoms with van der Waals surface area (Å²) >= 11 is 0. The van der Waals surface area contributed by atoms with Crippen molar-refractivity contribution in [3.05, 3.63) is 82.5 Å². The molecule has 0 saturated heterocycles. The second-order valence-corrected chi connectivity index (χ2v) is 10.2. The van der Waals surface area contributed by atoms with Gasteiger partial charge in [0.05, 0.1) is 18.7 Å². The van der Waals surface area contributed by atoms with Crippen molar-refractivity contribution < 1.29 is 47.0 Å². The van der Waals surface area contributed by atoms with E-state index in [2.05, 4.69) is 15.6 Å². The second-order valence-electron chi connectivity index (χ2n) is 10.2. The number of aliphatic carboxylic acids is 1. The monoisotopic (exact) mass is 645 g/mol. The minimum atomic E-state index is -4.64. The molecule has 1 atom stereocenters. The Morgan fingerprint density at radius 1 is 1.02 bits per heavy atom. The van der Waals surface area contributed by atoms with Crippen molar-refractivity contribution >= 4 is 35.3 Å². The average molecular weight is 646 g/mol. The van der Waals surface area contributed by atoms with E-state index < -0.39 is 84.1 Å². The van der Waals surface area contributed by atoms with Crippen molar-refractivity contribution in [2.75, 3.05) is 11.9 Å². The molecule has 3 amide bonds. The maximum absolute atomic E-state index is 14.7. The van der Waals surface area contributed by atoms with Crippen LogP contribution in [-0.2, 0) is 37.1 Å². The summed E-state index contributed by atoms with van der Waals surface area (Å²) in [6, 6.07) is 11.4. The van der Waals surface area contributed by atoms with Crippen LogP contribution in [0.4, 0.5) is 23.7 Å². The molecular weight excluding hydrogens is 615 g/mol. The van der Waals surface area contributed by atoms with E-state index in [1.165, 1.54) is 26.0 Å². The summed E-state index contributed by atoms with van der Waals surface area (Å²) in [5.41, 5.74) is -0.561. The number of carboxylic acids is 1. The van der Waals surface area contributed by atoms with Gasteiger partial charge in [-0.3, -0.25) is 33.9 Å². The molecule has 0 saturated carbocycles. The third-order valence-electron chi connectivity index (χ3n) is 6.39. The normalized spacial score (nSPS) is 11.8. The van der Waals surface area contributed by atoms with E-state index in [1.54, 1.807) is 35.6 Å². The van der Waals surface area contributed by atoms with Crippen LogP contribution in [0, 0.1) is 11.7 Å². The molecular formula is C30H30F3N5O8. The van der Waals surface area contributed by atoms with E-state index >= 15 is 0 Å². The molecule has 0 aliphatic rings. The molecule has 0 aliphatic carbocycles. The number of Topliss-reactive ketones (excluding diaryl/α,β-unsaturated/α-hetero) is 1. The molecule has 13 nitrogen and oxygen atoms in total. The third kappa shape index (κ3) is 9.23. The number of ether oxygens (including phenoxy) is 1. The first-order chi connectivity index (χ1) is 21.7. The van der Waals surface area contributed by atoms with Crippen LogP contribution < -0.4 is 21.5 Å². The minimum absolute atomic E-state index is 0.128. The number of carbonyl (C=O) groups excluding carboxylic acids is 4. The topological polar surface area (TPSA) is 186 Å². The molecule has 4 N–H and O–H groups in total. The van der Waals surface area contributed by atoms with Gasteiger partial charge in [0.2, 0.25) is 11.7 Å². The predicted molar refractivity (Wildman–Crippen MR) is 156 cm³/mol. The molecule has 46 heavy (non-hydrogen) atoms. The van der Waals surface area contributed by atoms with Gasteiger partial charge in [-0.2, -0.15) is 8.78 Å². The number of hydrogen-bond acceptors (Lipinski definition) is 8. The van der Waals surface area contributed by atoms with Crippen LogP contribution in [0.2, 0.25) is 0 Å². The van der Waals surface area contributed by atoms with Gasteiger partial charge in [0.25, 0.3) is 11.5 Å². The zero-order valence-corrected chi connectivity index (χ0v) is 24.6. The fourth-order valence-electron chi connectivity index (χ4n) is 4.02. The minimum Gasteiger partial charge on any atom is -0.481 e. The zero-order chi connectivity index (χ0) is 34.0. The molecule has 3 aromatic rings. The zero-order valence-electron chi connectivity index (χ0n) is 24.6. The number of alkyl halides is 2. The summed E-state index contributed by atoms with van der Waals surface area (Å²) < 4.78 is 49.0. The average Bonchev–Trinajstić information content (AvgIpc) is 3.01. The van der Waals surface area contributed by atoms with Crippen molar-refractivity contribution in [3.8, 4) is 11.4 Å². The van der Waals surface area contributed by atoms with Gasteiger partial charge in [-0.25, -0.2) is 14.2 Å². The lowest BCUT2D eigenvalue weighted by Gasteiger charge is -2.25. The Morgan fingerprint density at radius 3 is 2.28 bits per heavy atom. The number of nitrogens with one attached hydrogen (secondary N) is 3. The Labute approximate surface area is 259 Å². The number of nitrogens with zero attached hydrogens (tertiary/aromatic N) is 2. The lowest BCUT2D eigenvalue weighted by molar-refractivity contribution is -0.161. The number of amides is 3. The van der Waals surface area contributed by atoms with E-state index in [9.17, 15) is 41.9 Å². The number of halogens is 3. The summed E-state index contributed by atoms with van der Waals surface area (Å²) in [5.74, 6) is -12.9. The summed E-state index contributed by atoms with van der Waals surface area (Å²) in [5, 5.41) is 14.7. The van der Waals surface area contributed by atoms with E-state index in [4.69, 9.17) is 9.84 Å². The fourth-order valence-corrected chi connectivity index (χ4v) is 4.02. The molecule has 1 aromatic heterocycles. The van der Waals surface area contributed by atoms with Gasteiger partial charge in [-0.05, 0) is 35.7 Å². The highest BCUT2D eigenvalue weighted by atomic mass is 19.3. The number of benzene rings is 2. The van der Waals surface area contributed by atoms with Gasteiger partial charge >= 0.3 is 18.0 Å². The smallest absolute Gasteiger partial charge is 0.412 e. The number of aromatic nitrogens is 2. The molecule has 2 aromatic carbocycles. The van der Waals surface area contributed by atoms with Crippen LogP contribution in [0.25, 0.3) is 11.4 Å². The Bertz CT molecular complexity index is 1650. The Hall–Kier alpha value is -5.54. The first kappa shape index (κ1) is 34.9. The van der Waals surface area contributed by atoms with Crippen molar-refractivity contribution in [1.29, 1.82) is 0 Å². The molecule has 3 rings (SSSR count).